The molecule has 59 heavy (non-hydrogen) atoms. The van der Waals surface area contributed by atoms with Crippen LogP contribution in [0.15, 0.2) is 72.8 Å². The van der Waals surface area contributed by atoms with Crippen molar-refractivity contribution >= 4 is 46.7 Å². The molecule has 0 radical (unpaired) electrons. The van der Waals surface area contributed by atoms with Gasteiger partial charge in [-0.1, -0.05) is 24.3 Å². The molecular weight excluding hydrogens is 753 g/mol. The van der Waals surface area contributed by atoms with Crippen LogP contribution in [0.25, 0.3) is 11.3 Å². The third-order valence-electron chi connectivity index (χ3n) is 12.0. The number of benzene rings is 3. The quantitative estimate of drug-likeness (QED) is 0.125. The van der Waals surface area contributed by atoms with Gasteiger partial charge in [-0.15, -0.1) is 0 Å². The first-order valence-corrected chi connectivity index (χ1v) is 20.3. The first-order chi connectivity index (χ1) is 28.6. The normalized spacial score (nSPS) is 19.4. The lowest BCUT2D eigenvalue weighted by molar-refractivity contribution is -0.134. The minimum atomic E-state index is -0.919. The number of Topliss-reactive ketones (excluding diaryl/α,β-unsaturated/α-hetero) is 2. The van der Waals surface area contributed by atoms with Crippen molar-refractivity contribution in [1.29, 1.82) is 0 Å². The van der Waals surface area contributed by atoms with E-state index in [0.29, 0.717) is 74.2 Å². The van der Waals surface area contributed by atoms with Gasteiger partial charge >= 0.3 is 0 Å². The highest BCUT2D eigenvalue weighted by atomic mass is 16.5. The van der Waals surface area contributed by atoms with E-state index in [4.69, 9.17) is 15.6 Å². The average molecular weight is 801 g/mol. The van der Waals surface area contributed by atoms with Crippen LogP contribution in [-0.4, -0.2) is 112 Å². The van der Waals surface area contributed by atoms with Crippen molar-refractivity contribution in [3.63, 3.8) is 0 Å². The molecule has 1 aromatic heterocycles. The number of likely N-dealkylation sites (N-methyl/N-ethyl adjacent to an activating group) is 1. The van der Waals surface area contributed by atoms with Crippen LogP contribution in [0.5, 0.6) is 11.5 Å². The Morgan fingerprint density at radius 3 is 2.37 bits per heavy atom. The van der Waals surface area contributed by atoms with Crippen molar-refractivity contribution < 1.29 is 33.5 Å². The van der Waals surface area contributed by atoms with Gasteiger partial charge in [0.15, 0.2) is 5.78 Å². The molecule has 4 N–H and O–H groups in total. The molecule has 15 heteroatoms. The first kappa shape index (κ1) is 39.5. The van der Waals surface area contributed by atoms with Crippen LogP contribution in [0.3, 0.4) is 0 Å². The Morgan fingerprint density at radius 2 is 1.64 bits per heavy atom. The minimum absolute atomic E-state index is 0.0532. The van der Waals surface area contributed by atoms with Crippen molar-refractivity contribution in [2.45, 2.75) is 57.0 Å². The maximum absolute atomic E-state index is 13.4. The van der Waals surface area contributed by atoms with Gasteiger partial charge in [-0.25, -0.2) is 4.68 Å². The summed E-state index contributed by atoms with van der Waals surface area (Å²) in [6, 6.07) is 21.1. The van der Waals surface area contributed by atoms with E-state index >= 15 is 0 Å². The van der Waals surface area contributed by atoms with Gasteiger partial charge in [0.05, 0.1) is 29.6 Å². The number of likely N-dealkylation sites (tertiary alicyclic amines) is 1. The summed E-state index contributed by atoms with van der Waals surface area (Å²) in [5.74, 6) is 0.239. The van der Waals surface area contributed by atoms with Gasteiger partial charge in [-0.3, -0.25) is 33.7 Å². The number of ketones is 2. The number of aromatic nitrogens is 2. The number of nitrogens with one attached hydrogen (secondary N) is 2. The molecule has 4 aliphatic rings. The van der Waals surface area contributed by atoms with E-state index in [9.17, 15) is 28.8 Å². The predicted molar refractivity (Wildman–Crippen MR) is 219 cm³/mol. The van der Waals surface area contributed by atoms with Crippen LogP contribution in [0.1, 0.15) is 82.1 Å². The topological polar surface area (TPSA) is 189 Å². The fraction of sp³-hybridized carbons (Fsp3) is 0.386. The zero-order valence-corrected chi connectivity index (χ0v) is 33.0. The fourth-order valence-electron chi connectivity index (χ4n) is 8.82. The smallest absolute Gasteiger partial charge is 0.264 e. The molecule has 306 valence electrons. The molecule has 0 bridgehead atoms. The number of fused-ring (bicyclic) bond motifs is 2. The van der Waals surface area contributed by atoms with Crippen LogP contribution < -0.4 is 21.1 Å². The second-order valence-corrected chi connectivity index (χ2v) is 15.7. The molecule has 0 spiro atoms. The number of para-hydroxylation sites is 1. The predicted octanol–water partition coefficient (Wildman–Crippen LogP) is 4.76. The highest BCUT2D eigenvalue weighted by Gasteiger charge is 2.45. The van der Waals surface area contributed by atoms with Crippen molar-refractivity contribution in [1.82, 2.24) is 24.5 Å². The number of hydrogen-bond donors (Lipinski definition) is 3. The van der Waals surface area contributed by atoms with Crippen molar-refractivity contribution in [3.05, 3.63) is 89.5 Å². The number of carbonyl (C=O) groups is 6. The molecule has 3 aliphatic heterocycles. The monoisotopic (exact) mass is 800 g/mol. The van der Waals surface area contributed by atoms with E-state index in [1.54, 1.807) is 18.2 Å². The Morgan fingerprint density at radius 1 is 0.898 bits per heavy atom. The number of amides is 4. The van der Waals surface area contributed by atoms with E-state index < -0.39 is 29.5 Å². The second kappa shape index (κ2) is 16.9. The fourth-order valence-corrected chi connectivity index (χ4v) is 8.82. The molecule has 1 unspecified atom stereocenters. The summed E-state index contributed by atoms with van der Waals surface area (Å²) in [4.78, 5) is 82.1. The molecule has 1 saturated heterocycles. The maximum atomic E-state index is 13.4. The van der Waals surface area contributed by atoms with E-state index in [0.717, 1.165) is 35.5 Å². The number of nitrogens with zero attached hydrogens (tertiary/aromatic N) is 5. The van der Waals surface area contributed by atoms with E-state index in [-0.39, 0.29) is 54.0 Å². The lowest BCUT2D eigenvalue weighted by Crippen LogP contribution is -2.47. The van der Waals surface area contributed by atoms with Gasteiger partial charge in [0.2, 0.25) is 5.91 Å². The molecule has 2 atom stereocenters. The zero-order chi connectivity index (χ0) is 41.2. The van der Waals surface area contributed by atoms with Crippen molar-refractivity contribution in [3.8, 4) is 22.8 Å². The molecule has 2 fully saturated rings. The van der Waals surface area contributed by atoms with Crippen LogP contribution in [0, 0.1) is 5.92 Å². The third kappa shape index (κ3) is 8.06. The van der Waals surface area contributed by atoms with Gasteiger partial charge in [0, 0.05) is 63.4 Å². The SMILES string of the molecule is CN(CCNc1cccc2c1C(=O)N(C1CCC(=O)CC1=O)C2=O)CCC(=O)N1CCC([C@@H]2CCNc3c(C(N)=O)c(-c4ccc(Oc5ccccc5)cc4)nn32)CC1. The van der Waals surface area contributed by atoms with Crippen LogP contribution >= 0.6 is 0 Å². The third-order valence-corrected chi connectivity index (χ3v) is 12.0. The highest BCUT2D eigenvalue weighted by molar-refractivity contribution is 6.25. The summed E-state index contributed by atoms with van der Waals surface area (Å²) in [6.45, 7) is 3.55. The molecule has 3 aromatic carbocycles. The summed E-state index contributed by atoms with van der Waals surface area (Å²) in [7, 11) is 1.93. The number of piperidine rings is 1. The second-order valence-electron chi connectivity index (χ2n) is 15.7. The van der Waals surface area contributed by atoms with E-state index in [1.165, 1.54) is 0 Å². The highest BCUT2D eigenvalue weighted by Crippen LogP contribution is 2.40. The van der Waals surface area contributed by atoms with Gasteiger partial charge in [-0.05, 0) is 87.2 Å². The number of carbonyl (C=O) groups excluding carboxylic acids is 6. The number of rotatable bonds is 13. The van der Waals surface area contributed by atoms with E-state index in [1.807, 2.05) is 76.1 Å². The summed E-state index contributed by atoms with van der Waals surface area (Å²) < 4.78 is 7.89. The molecule has 4 amide bonds. The lowest BCUT2D eigenvalue weighted by atomic mass is 9.86. The van der Waals surface area contributed by atoms with Gasteiger partial charge in [-0.2, -0.15) is 5.10 Å². The standard InChI is InChI=1S/C44H48N8O7/c1-49(25-21-46-33-9-5-8-32-38(33)44(58)51(43(32)57)35-15-12-29(53)26-36(35)54)22-19-37(55)50-23-17-27(18-24-50)34-16-20-47-42-39(41(45)56)40(48-52(34)42)28-10-13-31(14-11-28)59-30-6-3-2-4-7-30/h2-11,13-14,27,34-35,46-47H,12,15-26H2,1H3,(H2,45,56)/t34-,35?/m0/s1. The summed E-state index contributed by atoms with van der Waals surface area (Å²) in [5.41, 5.74) is 8.60. The molecule has 4 heterocycles. The minimum Gasteiger partial charge on any atom is -0.457 e. The molecular formula is C44H48N8O7. The molecule has 8 rings (SSSR count). The number of ether oxygens (including phenoxy) is 1. The molecule has 1 aliphatic carbocycles. The summed E-state index contributed by atoms with van der Waals surface area (Å²) in [5, 5.41) is 11.6. The Balaban J connectivity index is 0.825. The Bertz CT molecular complexity index is 2280. The zero-order valence-electron chi connectivity index (χ0n) is 33.0. The van der Waals surface area contributed by atoms with Crippen LogP contribution in [0.2, 0.25) is 0 Å². The molecule has 15 nitrogen and oxygen atoms in total. The lowest BCUT2D eigenvalue weighted by Gasteiger charge is -2.38. The van der Waals surface area contributed by atoms with Crippen LogP contribution in [-0.2, 0) is 14.4 Å². The maximum Gasteiger partial charge on any atom is 0.264 e. The Labute approximate surface area is 341 Å². The summed E-state index contributed by atoms with van der Waals surface area (Å²) in [6.07, 6.45) is 2.89. The van der Waals surface area contributed by atoms with Gasteiger partial charge < -0.3 is 30.9 Å². The number of nitrogens with two attached hydrogens (primary N) is 1. The van der Waals surface area contributed by atoms with Gasteiger partial charge in [0.1, 0.15) is 34.4 Å². The number of imide groups is 1. The van der Waals surface area contributed by atoms with E-state index in [2.05, 4.69) is 10.6 Å². The first-order valence-electron chi connectivity index (χ1n) is 20.3. The van der Waals surface area contributed by atoms with Crippen molar-refractivity contribution in [2.24, 2.45) is 11.7 Å². The average Bonchev–Trinajstić information content (AvgIpc) is 3.76. The van der Waals surface area contributed by atoms with Crippen LogP contribution in [0.4, 0.5) is 11.5 Å². The number of primary amides is 1. The van der Waals surface area contributed by atoms with Crippen molar-refractivity contribution in [2.75, 3.05) is 56.9 Å². The van der Waals surface area contributed by atoms with Gasteiger partial charge in [0.25, 0.3) is 17.7 Å². The molecule has 4 aromatic rings. The largest absolute Gasteiger partial charge is 0.457 e. The number of hydrogen-bond acceptors (Lipinski definition) is 11. The summed E-state index contributed by atoms with van der Waals surface area (Å²) >= 11 is 0. The number of anilines is 2. The Kier molecular flexibility index (Phi) is 11.3. The molecule has 1 saturated carbocycles. The Hall–Kier alpha value is -6.35.